The van der Waals surface area contributed by atoms with Crippen molar-refractivity contribution in [3.63, 3.8) is 0 Å². The van der Waals surface area contributed by atoms with E-state index in [1.807, 2.05) is 29.8 Å². The van der Waals surface area contributed by atoms with Crippen molar-refractivity contribution in [2.24, 2.45) is 0 Å². The maximum Gasteiger partial charge on any atom is 0.248 e. The van der Waals surface area contributed by atoms with Crippen LogP contribution < -0.4 is 5.32 Å². The van der Waals surface area contributed by atoms with Crippen molar-refractivity contribution < 1.29 is 9.21 Å². The van der Waals surface area contributed by atoms with Gasteiger partial charge in [0.25, 0.3) is 0 Å². The van der Waals surface area contributed by atoms with E-state index in [-0.39, 0.29) is 18.4 Å². The van der Waals surface area contributed by atoms with Crippen LogP contribution in [0.4, 0.5) is 0 Å². The molecule has 0 bridgehead atoms. The Morgan fingerprint density at radius 3 is 2.84 bits per heavy atom. The molecule has 0 saturated heterocycles. The SMILES string of the molecule is CC(NC(=O)CCc1nnc(-c2ccsc2)o1)c1ccc(Cl)c(Cl)c1. The Bertz CT molecular complexity index is 865. The fourth-order valence-electron chi connectivity index (χ4n) is 2.26. The molecule has 0 fully saturated rings. The smallest absolute Gasteiger partial charge is 0.248 e. The highest BCUT2D eigenvalue weighted by Crippen LogP contribution is 2.25. The number of rotatable bonds is 6. The van der Waals surface area contributed by atoms with Gasteiger partial charge in [-0.1, -0.05) is 29.3 Å². The Hall–Kier alpha value is -1.89. The van der Waals surface area contributed by atoms with Crippen molar-refractivity contribution >= 4 is 40.4 Å². The van der Waals surface area contributed by atoms with Gasteiger partial charge in [-0.05, 0) is 36.1 Å². The maximum absolute atomic E-state index is 12.1. The number of carbonyl (C=O) groups excluding carboxylic acids is 1. The van der Waals surface area contributed by atoms with Crippen molar-refractivity contribution in [3.8, 4) is 11.5 Å². The largest absolute Gasteiger partial charge is 0.421 e. The van der Waals surface area contributed by atoms with Crippen molar-refractivity contribution in [1.82, 2.24) is 15.5 Å². The summed E-state index contributed by atoms with van der Waals surface area (Å²) in [6.45, 7) is 1.89. The first kappa shape index (κ1) is 17.9. The fourth-order valence-corrected chi connectivity index (χ4v) is 3.19. The highest BCUT2D eigenvalue weighted by Gasteiger charge is 2.14. The Labute approximate surface area is 159 Å². The molecule has 1 unspecified atom stereocenters. The molecule has 1 aromatic carbocycles. The predicted octanol–water partition coefficient (Wildman–Crippen LogP) is 4.91. The van der Waals surface area contributed by atoms with Gasteiger partial charge in [-0.2, -0.15) is 11.3 Å². The summed E-state index contributed by atoms with van der Waals surface area (Å²) in [4.78, 5) is 12.1. The van der Waals surface area contributed by atoms with E-state index in [1.165, 1.54) is 0 Å². The van der Waals surface area contributed by atoms with E-state index in [0.29, 0.717) is 28.2 Å². The van der Waals surface area contributed by atoms with Gasteiger partial charge in [0.2, 0.25) is 17.7 Å². The number of thiophene rings is 1. The molecule has 5 nitrogen and oxygen atoms in total. The Kier molecular flexibility index (Phi) is 5.73. The molecule has 3 aromatic rings. The van der Waals surface area contributed by atoms with Crippen molar-refractivity contribution in [1.29, 1.82) is 0 Å². The molecule has 0 spiro atoms. The molecule has 2 heterocycles. The minimum atomic E-state index is -0.175. The van der Waals surface area contributed by atoms with Crippen LogP contribution in [0.2, 0.25) is 10.0 Å². The fraction of sp³-hybridized carbons (Fsp3) is 0.235. The Morgan fingerprint density at radius 1 is 1.28 bits per heavy atom. The average Bonchev–Trinajstić information content (AvgIpc) is 3.26. The second-order valence-corrected chi connectivity index (χ2v) is 7.07. The van der Waals surface area contributed by atoms with Crippen molar-refractivity contribution in [2.45, 2.75) is 25.8 Å². The quantitative estimate of drug-likeness (QED) is 0.643. The van der Waals surface area contributed by atoms with Crippen LogP contribution in [-0.4, -0.2) is 16.1 Å². The van der Waals surface area contributed by atoms with E-state index in [0.717, 1.165) is 11.1 Å². The summed E-state index contributed by atoms with van der Waals surface area (Å²) < 4.78 is 5.57. The van der Waals surface area contributed by atoms with E-state index in [2.05, 4.69) is 15.5 Å². The highest BCUT2D eigenvalue weighted by molar-refractivity contribution is 7.08. The van der Waals surface area contributed by atoms with Crippen molar-refractivity contribution in [3.05, 3.63) is 56.5 Å². The predicted molar refractivity (Wildman–Crippen MR) is 99.0 cm³/mol. The number of aromatic nitrogens is 2. The van der Waals surface area contributed by atoms with Crippen LogP contribution >= 0.6 is 34.5 Å². The van der Waals surface area contributed by atoms with Gasteiger partial charge < -0.3 is 9.73 Å². The molecular formula is C17H15Cl2N3O2S. The van der Waals surface area contributed by atoms with Gasteiger partial charge in [0.1, 0.15) is 0 Å². The number of amides is 1. The lowest BCUT2D eigenvalue weighted by Crippen LogP contribution is -2.26. The number of carbonyl (C=O) groups is 1. The molecular weight excluding hydrogens is 381 g/mol. The van der Waals surface area contributed by atoms with E-state index in [1.54, 1.807) is 23.5 Å². The molecule has 0 aliphatic rings. The monoisotopic (exact) mass is 395 g/mol. The first-order valence-corrected chi connectivity index (χ1v) is 9.32. The van der Waals surface area contributed by atoms with Crippen molar-refractivity contribution in [2.75, 3.05) is 0 Å². The number of hydrogen-bond donors (Lipinski definition) is 1. The third-order valence-electron chi connectivity index (χ3n) is 3.62. The molecule has 0 aliphatic heterocycles. The molecule has 1 N–H and O–H groups in total. The molecule has 2 aromatic heterocycles. The van der Waals surface area contributed by atoms with Gasteiger partial charge in [0, 0.05) is 23.8 Å². The second-order valence-electron chi connectivity index (χ2n) is 5.48. The van der Waals surface area contributed by atoms with E-state index in [4.69, 9.17) is 27.6 Å². The summed E-state index contributed by atoms with van der Waals surface area (Å²) in [7, 11) is 0. The van der Waals surface area contributed by atoms with E-state index in [9.17, 15) is 4.79 Å². The third kappa shape index (κ3) is 4.60. The molecule has 1 atom stereocenters. The molecule has 0 aliphatic carbocycles. The average molecular weight is 396 g/mol. The summed E-state index contributed by atoms with van der Waals surface area (Å²) >= 11 is 13.5. The lowest BCUT2D eigenvalue weighted by molar-refractivity contribution is -0.121. The molecule has 0 saturated carbocycles. The summed E-state index contributed by atoms with van der Waals surface area (Å²) in [5, 5.41) is 15.7. The minimum Gasteiger partial charge on any atom is -0.421 e. The van der Waals surface area contributed by atoms with E-state index < -0.39 is 0 Å². The Morgan fingerprint density at radius 2 is 2.12 bits per heavy atom. The molecule has 0 radical (unpaired) electrons. The lowest BCUT2D eigenvalue weighted by Gasteiger charge is -2.14. The van der Waals surface area contributed by atoms with Crippen LogP contribution in [0.15, 0.2) is 39.4 Å². The molecule has 8 heteroatoms. The minimum absolute atomic E-state index is 0.103. The topological polar surface area (TPSA) is 68.0 Å². The van der Waals surface area contributed by atoms with Gasteiger partial charge >= 0.3 is 0 Å². The summed E-state index contributed by atoms with van der Waals surface area (Å²) in [5.41, 5.74) is 1.78. The maximum atomic E-state index is 12.1. The number of nitrogens with one attached hydrogen (secondary N) is 1. The highest BCUT2D eigenvalue weighted by atomic mass is 35.5. The first-order valence-electron chi connectivity index (χ1n) is 7.62. The number of nitrogens with zero attached hydrogens (tertiary/aromatic N) is 2. The zero-order chi connectivity index (χ0) is 17.8. The third-order valence-corrected chi connectivity index (χ3v) is 5.04. The number of aryl methyl sites for hydroxylation is 1. The second kappa shape index (κ2) is 7.99. The van der Waals surface area contributed by atoms with Gasteiger partial charge in [0.15, 0.2) is 0 Å². The zero-order valence-electron chi connectivity index (χ0n) is 13.3. The normalized spacial score (nSPS) is 12.1. The summed E-state index contributed by atoms with van der Waals surface area (Å²) in [6.07, 6.45) is 0.647. The molecule has 130 valence electrons. The lowest BCUT2D eigenvalue weighted by atomic mass is 10.1. The van der Waals surface area contributed by atoms with Crippen LogP contribution in [0.25, 0.3) is 11.5 Å². The van der Waals surface area contributed by atoms with Crippen LogP contribution in [0.3, 0.4) is 0 Å². The standard InChI is InChI=1S/C17H15Cl2N3O2S/c1-10(11-2-3-13(18)14(19)8-11)20-15(23)4-5-16-21-22-17(24-16)12-6-7-25-9-12/h2-3,6-10H,4-5H2,1H3,(H,20,23). The first-order chi connectivity index (χ1) is 12.0. The summed E-state index contributed by atoms with van der Waals surface area (Å²) in [6, 6.07) is 7.04. The van der Waals surface area contributed by atoms with Gasteiger partial charge in [-0.25, -0.2) is 0 Å². The van der Waals surface area contributed by atoms with Crippen LogP contribution in [0.5, 0.6) is 0 Å². The number of benzene rings is 1. The van der Waals surface area contributed by atoms with Crippen LogP contribution in [-0.2, 0) is 11.2 Å². The van der Waals surface area contributed by atoms with Crippen LogP contribution in [0.1, 0.15) is 30.8 Å². The van der Waals surface area contributed by atoms with Gasteiger partial charge in [0.05, 0.1) is 16.1 Å². The summed E-state index contributed by atoms with van der Waals surface area (Å²) in [5.74, 6) is 0.813. The molecule has 3 rings (SSSR count). The number of halogens is 2. The molecule has 25 heavy (non-hydrogen) atoms. The zero-order valence-corrected chi connectivity index (χ0v) is 15.7. The Balaban J connectivity index is 1.53. The van der Waals surface area contributed by atoms with Crippen LogP contribution in [0, 0.1) is 0 Å². The molecule has 1 amide bonds. The van der Waals surface area contributed by atoms with Gasteiger partial charge in [-0.15, -0.1) is 10.2 Å². The van der Waals surface area contributed by atoms with Gasteiger partial charge in [-0.3, -0.25) is 4.79 Å². The van der Waals surface area contributed by atoms with E-state index >= 15 is 0 Å². The number of hydrogen-bond acceptors (Lipinski definition) is 5.